The van der Waals surface area contributed by atoms with Crippen molar-refractivity contribution in [1.29, 1.82) is 0 Å². The molecule has 6 nitrogen and oxygen atoms in total. The van der Waals surface area contributed by atoms with Crippen LogP contribution in [-0.4, -0.2) is 19.4 Å². The van der Waals surface area contributed by atoms with Crippen LogP contribution in [0.3, 0.4) is 0 Å². The highest BCUT2D eigenvalue weighted by atomic mass is 35.5. The third-order valence-electron chi connectivity index (χ3n) is 4.40. The molecule has 0 unspecified atom stereocenters. The quantitative estimate of drug-likeness (QED) is 0.392. The normalized spacial score (nSPS) is 11.4. The Balaban J connectivity index is 1.79. The van der Waals surface area contributed by atoms with Gasteiger partial charge in [-0.1, -0.05) is 41.9 Å². The van der Waals surface area contributed by atoms with Crippen LogP contribution in [-0.2, 0) is 9.84 Å². The van der Waals surface area contributed by atoms with Gasteiger partial charge in [0.15, 0.2) is 0 Å². The average molecular weight is 444 g/mol. The van der Waals surface area contributed by atoms with Gasteiger partial charge in [0, 0.05) is 15.9 Å². The van der Waals surface area contributed by atoms with E-state index in [1.54, 1.807) is 36.4 Å². The van der Waals surface area contributed by atoms with E-state index < -0.39 is 21.7 Å². The first-order valence-electron chi connectivity index (χ1n) is 8.80. The van der Waals surface area contributed by atoms with Crippen molar-refractivity contribution < 1.29 is 17.6 Å². The first-order chi connectivity index (χ1) is 14.4. The average Bonchev–Trinajstić information content (AvgIpc) is 3.08. The fraction of sp³-hybridized carbons (Fsp3) is 0. The van der Waals surface area contributed by atoms with E-state index in [9.17, 15) is 17.6 Å². The standard InChI is InChI=1S/C21H15ClFN3O3S/c22-13-10-11-17-15(12-13)19(30(28,29)14-6-2-1-3-7-14)20(24-17)26-21(27)25-18-9-5-4-8-16(18)23/h1-12,24H,(H2,25,26,27). The summed E-state index contributed by atoms with van der Waals surface area (Å²) >= 11 is 6.08. The second kappa shape index (κ2) is 7.81. The third kappa shape index (κ3) is 3.74. The van der Waals surface area contributed by atoms with Crippen molar-refractivity contribution in [2.45, 2.75) is 9.79 Å². The Morgan fingerprint density at radius 1 is 0.933 bits per heavy atom. The Bertz CT molecular complexity index is 1350. The highest BCUT2D eigenvalue weighted by molar-refractivity contribution is 7.92. The molecule has 4 aromatic rings. The summed E-state index contributed by atoms with van der Waals surface area (Å²) in [5, 5.41) is 5.51. The number of carbonyl (C=O) groups is 1. The fourth-order valence-corrected chi connectivity index (χ4v) is 4.81. The molecule has 1 aromatic heterocycles. The third-order valence-corrected chi connectivity index (χ3v) is 6.49. The number of amides is 2. The molecule has 2 amide bonds. The molecule has 0 aliphatic heterocycles. The van der Waals surface area contributed by atoms with Gasteiger partial charge >= 0.3 is 6.03 Å². The van der Waals surface area contributed by atoms with Crippen molar-refractivity contribution in [2.75, 3.05) is 10.6 Å². The minimum absolute atomic E-state index is 0.0402. The van der Waals surface area contributed by atoms with Gasteiger partial charge in [-0.05, 0) is 42.5 Å². The van der Waals surface area contributed by atoms with Crippen LogP contribution in [0.1, 0.15) is 0 Å². The lowest BCUT2D eigenvalue weighted by Crippen LogP contribution is -2.21. The van der Waals surface area contributed by atoms with Crippen LogP contribution in [0.25, 0.3) is 10.9 Å². The predicted octanol–water partition coefficient (Wildman–Crippen LogP) is 5.44. The number of carbonyl (C=O) groups excluding carboxylic acids is 1. The number of para-hydroxylation sites is 1. The van der Waals surface area contributed by atoms with Crippen LogP contribution in [0.15, 0.2) is 82.6 Å². The number of rotatable bonds is 4. The van der Waals surface area contributed by atoms with Crippen LogP contribution in [0.4, 0.5) is 20.7 Å². The van der Waals surface area contributed by atoms with Gasteiger partial charge in [0.25, 0.3) is 0 Å². The molecule has 4 rings (SSSR count). The first kappa shape index (κ1) is 19.9. The molecule has 9 heteroatoms. The molecule has 3 N–H and O–H groups in total. The molecule has 30 heavy (non-hydrogen) atoms. The van der Waals surface area contributed by atoms with Crippen LogP contribution >= 0.6 is 11.6 Å². The summed E-state index contributed by atoms with van der Waals surface area (Å²) in [6.07, 6.45) is 0. The molecule has 152 valence electrons. The van der Waals surface area contributed by atoms with Gasteiger partial charge in [-0.15, -0.1) is 0 Å². The first-order valence-corrected chi connectivity index (χ1v) is 10.7. The van der Waals surface area contributed by atoms with Crippen molar-refractivity contribution >= 4 is 49.9 Å². The maximum absolute atomic E-state index is 13.8. The molecular weight excluding hydrogens is 429 g/mol. The van der Waals surface area contributed by atoms with E-state index in [4.69, 9.17) is 11.6 Å². The van der Waals surface area contributed by atoms with E-state index in [1.807, 2.05) is 0 Å². The van der Waals surface area contributed by atoms with Gasteiger partial charge in [-0.3, -0.25) is 5.32 Å². The van der Waals surface area contributed by atoms with Crippen molar-refractivity contribution in [3.63, 3.8) is 0 Å². The van der Waals surface area contributed by atoms with Crippen molar-refractivity contribution in [3.05, 3.63) is 83.6 Å². The van der Waals surface area contributed by atoms with E-state index in [0.29, 0.717) is 15.9 Å². The Morgan fingerprint density at radius 2 is 1.63 bits per heavy atom. The number of fused-ring (bicyclic) bond motifs is 1. The molecule has 0 aliphatic carbocycles. The van der Waals surface area contributed by atoms with E-state index in [0.717, 1.165) is 0 Å². The zero-order chi connectivity index (χ0) is 21.3. The number of sulfone groups is 1. The largest absolute Gasteiger partial charge is 0.340 e. The Morgan fingerprint density at radius 3 is 2.37 bits per heavy atom. The van der Waals surface area contributed by atoms with Gasteiger partial charge < -0.3 is 10.3 Å². The number of anilines is 2. The lowest BCUT2D eigenvalue weighted by atomic mass is 10.2. The maximum Gasteiger partial charge on any atom is 0.324 e. The van der Waals surface area contributed by atoms with Gasteiger partial charge in [-0.2, -0.15) is 0 Å². The number of H-pyrrole nitrogens is 1. The van der Waals surface area contributed by atoms with Crippen molar-refractivity contribution in [3.8, 4) is 0 Å². The van der Waals surface area contributed by atoms with Crippen LogP contribution in [0, 0.1) is 5.82 Å². The zero-order valence-electron chi connectivity index (χ0n) is 15.3. The summed E-state index contributed by atoms with van der Waals surface area (Å²) in [5.74, 6) is -0.668. The molecule has 1 heterocycles. The SMILES string of the molecule is O=C(Nc1ccccc1F)Nc1[nH]c2ccc(Cl)cc2c1S(=O)(=O)c1ccccc1. The Labute approximate surface area is 176 Å². The number of benzene rings is 3. The number of nitrogens with one attached hydrogen (secondary N) is 3. The summed E-state index contributed by atoms with van der Waals surface area (Å²) in [4.78, 5) is 15.3. The van der Waals surface area contributed by atoms with Gasteiger partial charge in [0.05, 0.1) is 10.6 Å². The molecule has 0 aliphatic rings. The minimum Gasteiger partial charge on any atom is -0.340 e. The Kier molecular flexibility index (Phi) is 5.19. The second-order valence-electron chi connectivity index (χ2n) is 6.39. The number of aromatic amines is 1. The second-order valence-corrected chi connectivity index (χ2v) is 8.72. The van der Waals surface area contributed by atoms with Crippen molar-refractivity contribution in [1.82, 2.24) is 4.98 Å². The monoisotopic (exact) mass is 443 g/mol. The molecule has 0 saturated heterocycles. The molecule has 0 spiro atoms. The predicted molar refractivity (Wildman–Crippen MR) is 114 cm³/mol. The van der Waals surface area contributed by atoms with E-state index in [-0.39, 0.29) is 21.3 Å². The van der Waals surface area contributed by atoms with Crippen LogP contribution < -0.4 is 10.6 Å². The summed E-state index contributed by atoms with van der Waals surface area (Å²) in [6, 6.07) is 17.4. The highest BCUT2D eigenvalue weighted by Gasteiger charge is 2.27. The smallest absolute Gasteiger partial charge is 0.324 e. The topological polar surface area (TPSA) is 91.1 Å². The zero-order valence-corrected chi connectivity index (χ0v) is 16.9. The number of hydrogen-bond donors (Lipinski definition) is 3. The van der Waals surface area contributed by atoms with Crippen molar-refractivity contribution in [2.24, 2.45) is 0 Å². The molecule has 0 saturated carbocycles. The molecular formula is C21H15ClFN3O3S. The van der Waals surface area contributed by atoms with Gasteiger partial charge in [0.2, 0.25) is 9.84 Å². The summed E-state index contributed by atoms with van der Waals surface area (Å²) in [6.45, 7) is 0. The number of aromatic nitrogens is 1. The number of hydrogen-bond acceptors (Lipinski definition) is 3. The lowest BCUT2D eigenvalue weighted by molar-refractivity contribution is 0.262. The molecule has 3 aromatic carbocycles. The lowest BCUT2D eigenvalue weighted by Gasteiger charge is -2.10. The number of urea groups is 1. The van der Waals surface area contributed by atoms with Gasteiger partial charge in [-0.25, -0.2) is 17.6 Å². The van der Waals surface area contributed by atoms with E-state index in [2.05, 4.69) is 15.6 Å². The molecule has 0 radical (unpaired) electrons. The molecule has 0 fully saturated rings. The number of halogens is 2. The molecule has 0 bridgehead atoms. The highest BCUT2D eigenvalue weighted by Crippen LogP contribution is 2.36. The maximum atomic E-state index is 13.8. The van der Waals surface area contributed by atoms with E-state index in [1.165, 1.54) is 36.4 Å². The van der Waals surface area contributed by atoms with Crippen LogP contribution in [0.5, 0.6) is 0 Å². The summed E-state index contributed by atoms with van der Waals surface area (Å²) < 4.78 is 40.5. The minimum atomic E-state index is -4.00. The summed E-state index contributed by atoms with van der Waals surface area (Å²) in [5.41, 5.74) is 0.428. The van der Waals surface area contributed by atoms with Gasteiger partial charge in [0.1, 0.15) is 16.5 Å². The fourth-order valence-electron chi connectivity index (χ4n) is 3.05. The van der Waals surface area contributed by atoms with Crippen LogP contribution in [0.2, 0.25) is 5.02 Å². The summed E-state index contributed by atoms with van der Waals surface area (Å²) in [7, 11) is -4.00. The van der Waals surface area contributed by atoms with E-state index >= 15 is 0 Å². The molecule has 0 atom stereocenters. The Hall–Kier alpha value is -3.36.